The number of hydrogen-bond acceptors (Lipinski definition) is 3. The van der Waals surface area contributed by atoms with E-state index in [0.29, 0.717) is 18.2 Å². The molecular weight excluding hydrogens is 228 g/mol. The zero-order valence-electron chi connectivity index (χ0n) is 6.92. The number of hydrogen-bond donors (Lipinski definition) is 2. The lowest BCUT2D eigenvalue weighted by atomic mass is 10.2. The molecule has 0 radical (unpaired) electrons. The molecule has 0 unspecified atom stereocenters. The number of carboxylic acid groups (broad SMARTS) is 1. The van der Waals surface area contributed by atoms with Crippen LogP contribution in [0.4, 0.5) is 0 Å². The van der Waals surface area contributed by atoms with E-state index in [0.717, 1.165) is 6.92 Å². The maximum absolute atomic E-state index is 10.4. The van der Waals surface area contributed by atoms with Crippen LogP contribution < -0.4 is 0 Å². The predicted octanol–water partition coefficient (Wildman–Crippen LogP) is 0.814. The predicted molar refractivity (Wildman–Crippen MR) is 48.4 cm³/mol. The van der Waals surface area contributed by atoms with Crippen molar-refractivity contribution in [3.8, 4) is 0 Å². The molecule has 0 spiro atoms. The van der Waals surface area contributed by atoms with Crippen LogP contribution in [0.2, 0.25) is 0 Å². The van der Waals surface area contributed by atoms with E-state index < -0.39 is 5.97 Å². The van der Waals surface area contributed by atoms with Crippen LogP contribution in [0.15, 0.2) is 0 Å². The van der Waals surface area contributed by atoms with Crippen LogP contribution in [-0.4, -0.2) is 33.9 Å². The summed E-state index contributed by atoms with van der Waals surface area (Å²) in [6, 6.07) is 0. The fraction of sp³-hybridized carbons (Fsp3) is 0.714. The number of carboxylic acids is 1. The highest BCUT2D eigenvalue weighted by Gasteiger charge is 1.95. The minimum Gasteiger partial charge on any atom is -0.481 e. The minimum absolute atomic E-state index is 0.110. The Hall–Kier alpha value is -0.420. The van der Waals surface area contributed by atoms with E-state index in [1.165, 1.54) is 0 Å². The molecule has 0 amide bonds. The molecular formula is C7H13BrO4. The van der Waals surface area contributed by atoms with Crippen LogP contribution in [0.5, 0.6) is 0 Å². The number of carbonyl (C=O) groups is 2. The third-order valence-corrected chi connectivity index (χ3v) is 1.39. The smallest absolute Gasteiger partial charge is 0.300 e. The second-order valence-corrected chi connectivity index (χ2v) is 2.58. The number of ketones is 1. The number of Topliss-reactive ketones (excluding diaryl/α,β-unsaturated/α-hetero) is 1. The van der Waals surface area contributed by atoms with Gasteiger partial charge in [-0.25, -0.2) is 0 Å². The lowest BCUT2D eigenvalue weighted by Crippen LogP contribution is -1.99. The van der Waals surface area contributed by atoms with Crippen LogP contribution in [0.3, 0.4) is 0 Å². The van der Waals surface area contributed by atoms with Crippen molar-refractivity contribution in [3.05, 3.63) is 0 Å². The van der Waals surface area contributed by atoms with Gasteiger partial charge in [-0.15, -0.1) is 0 Å². The highest BCUT2D eigenvalue weighted by atomic mass is 79.9. The third-order valence-electron chi connectivity index (χ3n) is 0.763. The van der Waals surface area contributed by atoms with Crippen molar-refractivity contribution < 1.29 is 19.8 Å². The topological polar surface area (TPSA) is 74.6 Å². The Morgan fingerprint density at radius 3 is 2.08 bits per heavy atom. The maximum atomic E-state index is 10.4. The quantitative estimate of drug-likeness (QED) is 0.714. The molecule has 0 fully saturated rings. The number of aliphatic hydroxyl groups excluding tert-OH is 1. The van der Waals surface area contributed by atoms with Gasteiger partial charge >= 0.3 is 0 Å². The van der Waals surface area contributed by atoms with Gasteiger partial charge in [0.1, 0.15) is 5.78 Å². The van der Waals surface area contributed by atoms with Gasteiger partial charge in [0.2, 0.25) is 0 Å². The molecule has 2 N–H and O–H groups in total. The van der Waals surface area contributed by atoms with E-state index in [1.54, 1.807) is 0 Å². The number of aliphatic carboxylic acids is 1. The molecule has 0 saturated heterocycles. The van der Waals surface area contributed by atoms with Gasteiger partial charge in [-0.3, -0.25) is 9.59 Å². The van der Waals surface area contributed by atoms with E-state index in [4.69, 9.17) is 15.0 Å². The molecule has 0 aromatic rings. The second-order valence-electron chi connectivity index (χ2n) is 2.02. The molecule has 0 bridgehead atoms. The van der Waals surface area contributed by atoms with Crippen molar-refractivity contribution in [1.82, 2.24) is 0 Å². The molecule has 0 aliphatic carbocycles. The fourth-order valence-electron chi connectivity index (χ4n) is 0.343. The molecule has 0 aromatic carbocycles. The molecule has 5 heteroatoms. The monoisotopic (exact) mass is 240 g/mol. The first-order valence-corrected chi connectivity index (χ1v) is 4.54. The largest absolute Gasteiger partial charge is 0.481 e. The summed E-state index contributed by atoms with van der Waals surface area (Å²) < 4.78 is 0. The summed E-state index contributed by atoms with van der Waals surface area (Å²) in [6.45, 7) is 1.19. The zero-order chi connectivity index (χ0) is 9.98. The van der Waals surface area contributed by atoms with E-state index in [1.807, 2.05) is 0 Å². The molecule has 0 saturated carbocycles. The number of carbonyl (C=O) groups excluding carboxylic acids is 1. The molecule has 4 nitrogen and oxygen atoms in total. The molecule has 0 aromatic heterocycles. The van der Waals surface area contributed by atoms with E-state index in [-0.39, 0.29) is 12.4 Å². The molecule has 0 aliphatic heterocycles. The normalized spacial score (nSPS) is 8.25. The lowest BCUT2D eigenvalue weighted by Gasteiger charge is -1.90. The first-order chi connectivity index (χ1) is 5.54. The Balaban J connectivity index is 0. The van der Waals surface area contributed by atoms with Gasteiger partial charge in [0.25, 0.3) is 5.97 Å². The maximum Gasteiger partial charge on any atom is 0.300 e. The average molecular weight is 241 g/mol. The third kappa shape index (κ3) is 22.7. The molecule has 12 heavy (non-hydrogen) atoms. The zero-order valence-corrected chi connectivity index (χ0v) is 8.50. The van der Waals surface area contributed by atoms with Crippen molar-refractivity contribution in [2.24, 2.45) is 0 Å². The standard InChI is InChI=1S/C5H9BrO2.C2H4O2/c6-4-5(8)2-1-3-7;1-2(3)4/h7H,1-4H2;1H3,(H,3,4). The average Bonchev–Trinajstić information content (AvgIpc) is 1.99. The van der Waals surface area contributed by atoms with Crippen molar-refractivity contribution in [3.63, 3.8) is 0 Å². The summed E-state index contributed by atoms with van der Waals surface area (Å²) in [7, 11) is 0. The molecule has 72 valence electrons. The van der Waals surface area contributed by atoms with Crippen LogP contribution in [0.25, 0.3) is 0 Å². The van der Waals surface area contributed by atoms with Crippen LogP contribution in [0.1, 0.15) is 19.8 Å². The van der Waals surface area contributed by atoms with E-state index in [2.05, 4.69) is 15.9 Å². The van der Waals surface area contributed by atoms with E-state index >= 15 is 0 Å². The summed E-state index contributed by atoms with van der Waals surface area (Å²) in [5, 5.41) is 16.1. The van der Waals surface area contributed by atoms with Crippen molar-refractivity contribution in [2.75, 3.05) is 11.9 Å². The van der Waals surface area contributed by atoms with Crippen molar-refractivity contribution in [1.29, 1.82) is 0 Å². The summed E-state index contributed by atoms with van der Waals surface area (Å²) >= 11 is 3.01. The minimum atomic E-state index is -0.833. The highest BCUT2D eigenvalue weighted by molar-refractivity contribution is 9.09. The first kappa shape index (κ1) is 14.1. The van der Waals surface area contributed by atoms with Crippen LogP contribution in [-0.2, 0) is 9.59 Å². The first-order valence-electron chi connectivity index (χ1n) is 3.42. The van der Waals surface area contributed by atoms with Gasteiger partial charge in [0.15, 0.2) is 0 Å². The molecule has 0 rings (SSSR count). The SMILES string of the molecule is CC(=O)O.O=C(CBr)CCCO. The molecule has 0 aliphatic rings. The summed E-state index contributed by atoms with van der Waals surface area (Å²) in [6.07, 6.45) is 1.08. The van der Waals surface area contributed by atoms with Gasteiger partial charge in [-0.05, 0) is 6.42 Å². The molecule has 0 heterocycles. The van der Waals surface area contributed by atoms with Crippen molar-refractivity contribution in [2.45, 2.75) is 19.8 Å². The Kier molecular flexibility index (Phi) is 12.5. The Labute approximate surface area is 79.7 Å². The highest BCUT2D eigenvalue weighted by Crippen LogP contribution is 1.92. The summed E-state index contributed by atoms with van der Waals surface area (Å²) in [5.74, 6) is -0.681. The van der Waals surface area contributed by atoms with E-state index in [9.17, 15) is 4.79 Å². The Morgan fingerprint density at radius 1 is 1.42 bits per heavy atom. The van der Waals surface area contributed by atoms with Gasteiger partial charge in [-0.2, -0.15) is 0 Å². The van der Waals surface area contributed by atoms with Gasteiger partial charge in [-0.1, -0.05) is 15.9 Å². The number of halogens is 1. The van der Waals surface area contributed by atoms with Gasteiger partial charge in [0, 0.05) is 20.0 Å². The lowest BCUT2D eigenvalue weighted by molar-refractivity contribution is -0.134. The molecule has 0 atom stereocenters. The summed E-state index contributed by atoms with van der Waals surface area (Å²) in [4.78, 5) is 19.4. The number of rotatable bonds is 4. The van der Waals surface area contributed by atoms with Crippen molar-refractivity contribution >= 4 is 27.7 Å². The number of alkyl halides is 1. The Bertz CT molecular complexity index is 131. The second kappa shape index (κ2) is 10.6. The van der Waals surface area contributed by atoms with Crippen LogP contribution in [0, 0.1) is 0 Å². The fourth-order valence-corrected chi connectivity index (χ4v) is 0.623. The van der Waals surface area contributed by atoms with Gasteiger partial charge < -0.3 is 10.2 Å². The Morgan fingerprint density at radius 2 is 1.83 bits per heavy atom. The van der Waals surface area contributed by atoms with Gasteiger partial charge in [0.05, 0.1) is 5.33 Å². The summed E-state index contributed by atoms with van der Waals surface area (Å²) in [5.41, 5.74) is 0. The number of aliphatic hydroxyl groups is 1. The van der Waals surface area contributed by atoms with Crippen LogP contribution >= 0.6 is 15.9 Å².